The molecular weight excluding hydrogens is 254 g/mol. The quantitative estimate of drug-likeness (QED) is 0.894. The topological polar surface area (TPSA) is 69.2 Å². The van der Waals surface area contributed by atoms with Crippen molar-refractivity contribution < 1.29 is 9.90 Å². The first-order valence-electron chi connectivity index (χ1n) is 7.14. The molecule has 1 atom stereocenters. The van der Waals surface area contributed by atoms with Gasteiger partial charge >= 0.3 is 0 Å². The van der Waals surface area contributed by atoms with Crippen LogP contribution >= 0.6 is 0 Å². The molecule has 1 amide bonds. The standard InChI is InChI=1S/C15H19N3O2/c19-8-2-4-13-3-1-7-18(13)15(20)11-5-6-14-12(9-11)10-16-17-14/h5-6,9-10,13,19H,1-4,7-8H2,(H,16,17). The molecule has 0 aliphatic carbocycles. The molecule has 1 aromatic carbocycles. The van der Waals surface area contributed by atoms with E-state index in [-0.39, 0.29) is 18.6 Å². The van der Waals surface area contributed by atoms with Crippen LogP contribution in [0.25, 0.3) is 10.9 Å². The van der Waals surface area contributed by atoms with Gasteiger partial charge < -0.3 is 10.0 Å². The van der Waals surface area contributed by atoms with Crippen LogP contribution in [-0.4, -0.2) is 45.3 Å². The average Bonchev–Trinajstić information content (AvgIpc) is 3.12. The maximum Gasteiger partial charge on any atom is 0.254 e. The molecule has 1 aliphatic heterocycles. The van der Waals surface area contributed by atoms with Crippen molar-refractivity contribution in [3.63, 3.8) is 0 Å². The number of benzene rings is 1. The predicted molar refractivity (Wildman–Crippen MR) is 76.5 cm³/mol. The molecule has 20 heavy (non-hydrogen) atoms. The Morgan fingerprint density at radius 1 is 1.50 bits per heavy atom. The number of carbonyl (C=O) groups is 1. The number of nitrogens with one attached hydrogen (secondary N) is 1. The average molecular weight is 273 g/mol. The fraction of sp³-hybridized carbons (Fsp3) is 0.467. The second-order valence-electron chi connectivity index (χ2n) is 5.33. The van der Waals surface area contributed by atoms with E-state index in [9.17, 15) is 4.79 Å². The largest absolute Gasteiger partial charge is 0.396 e. The third-order valence-corrected chi connectivity index (χ3v) is 4.02. The van der Waals surface area contributed by atoms with Gasteiger partial charge in [0.15, 0.2) is 0 Å². The Morgan fingerprint density at radius 2 is 2.40 bits per heavy atom. The molecule has 3 rings (SSSR count). The molecule has 2 N–H and O–H groups in total. The smallest absolute Gasteiger partial charge is 0.254 e. The van der Waals surface area contributed by atoms with E-state index in [0.717, 1.165) is 48.7 Å². The van der Waals surface area contributed by atoms with E-state index < -0.39 is 0 Å². The summed E-state index contributed by atoms with van der Waals surface area (Å²) < 4.78 is 0. The third-order valence-electron chi connectivity index (χ3n) is 4.02. The highest BCUT2D eigenvalue weighted by Gasteiger charge is 2.28. The monoisotopic (exact) mass is 273 g/mol. The lowest BCUT2D eigenvalue weighted by molar-refractivity contribution is 0.0724. The maximum absolute atomic E-state index is 12.6. The lowest BCUT2D eigenvalue weighted by Gasteiger charge is -2.24. The Morgan fingerprint density at radius 3 is 3.25 bits per heavy atom. The number of aliphatic hydroxyl groups is 1. The summed E-state index contributed by atoms with van der Waals surface area (Å²) in [6, 6.07) is 5.91. The van der Waals surface area contributed by atoms with Gasteiger partial charge in [-0.1, -0.05) is 0 Å². The number of H-pyrrole nitrogens is 1. The zero-order chi connectivity index (χ0) is 13.9. The summed E-state index contributed by atoms with van der Waals surface area (Å²) in [6.07, 6.45) is 5.47. The normalized spacial score (nSPS) is 18.9. The number of rotatable bonds is 4. The zero-order valence-corrected chi connectivity index (χ0v) is 11.4. The van der Waals surface area contributed by atoms with Crippen molar-refractivity contribution in [1.29, 1.82) is 0 Å². The minimum atomic E-state index is 0.0912. The number of hydrogen-bond donors (Lipinski definition) is 2. The van der Waals surface area contributed by atoms with Gasteiger partial charge in [-0.2, -0.15) is 5.10 Å². The van der Waals surface area contributed by atoms with Gasteiger partial charge in [-0.15, -0.1) is 0 Å². The number of hydrogen-bond acceptors (Lipinski definition) is 3. The molecule has 1 saturated heterocycles. The number of carbonyl (C=O) groups excluding carboxylic acids is 1. The predicted octanol–water partition coefficient (Wildman–Crippen LogP) is 1.94. The molecular formula is C15H19N3O2. The van der Waals surface area contributed by atoms with Crippen molar-refractivity contribution in [2.24, 2.45) is 0 Å². The molecule has 0 saturated carbocycles. The van der Waals surface area contributed by atoms with E-state index in [1.54, 1.807) is 6.20 Å². The van der Waals surface area contributed by atoms with Crippen LogP contribution in [0.4, 0.5) is 0 Å². The first kappa shape index (κ1) is 13.1. The minimum absolute atomic E-state index is 0.0912. The van der Waals surface area contributed by atoms with Crippen LogP contribution < -0.4 is 0 Å². The summed E-state index contributed by atoms with van der Waals surface area (Å²) in [5.41, 5.74) is 1.66. The number of aliphatic hydroxyl groups excluding tert-OH is 1. The first-order valence-corrected chi connectivity index (χ1v) is 7.14. The van der Waals surface area contributed by atoms with Crippen LogP contribution in [0, 0.1) is 0 Å². The number of aromatic amines is 1. The van der Waals surface area contributed by atoms with Crippen molar-refractivity contribution in [3.8, 4) is 0 Å². The molecule has 2 heterocycles. The highest BCUT2D eigenvalue weighted by Crippen LogP contribution is 2.24. The Bertz CT molecular complexity index is 608. The van der Waals surface area contributed by atoms with E-state index >= 15 is 0 Å². The van der Waals surface area contributed by atoms with Crippen LogP contribution in [0.2, 0.25) is 0 Å². The van der Waals surface area contributed by atoms with Gasteiger partial charge in [0.1, 0.15) is 0 Å². The molecule has 0 bridgehead atoms. The first-order chi connectivity index (χ1) is 9.79. The zero-order valence-electron chi connectivity index (χ0n) is 11.4. The van der Waals surface area contributed by atoms with Gasteiger partial charge in [-0.05, 0) is 43.9 Å². The number of nitrogens with zero attached hydrogens (tertiary/aromatic N) is 2. The summed E-state index contributed by atoms with van der Waals surface area (Å²) in [4.78, 5) is 14.6. The number of fused-ring (bicyclic) bond motifs is 1. The fourth-order valence-corrected chi connectivity index (χ4v) is 2.97. The lowest BCUT2D eigenvalue weighted by atomic mass is 10.1. The Kier molecular flexibility index (Phi) is 3.69. The molecule has 1 aliphatic rings. The molecule has 1 aromatic heterocycles. The molecule has 1 fully saturated rings. The number of likely N-dealkylation sites (tertiary alicyclic amines) is 1. The summed E-state index contributed by atoms with van der Waals surface area (Å²) in [5, 5.41) is 16.8. The highest BCUT2D eigenvalue weighted by molar-refractivity contribution is 5.98. The van der Waals surface area contributed by atoms with Crippen LogP contribution in [0.1, 0.15) is 36.0 Å². The van der Waals surface area contributed by atoms with Crippen molar-refractivity contribution in [2.75, 3.05) is 13.2 Å². The van der Waals surface area contributed by atoms with E-state index in [2.05, 4.69) is 10.2 Å². The van der Waals surface area contributed by atoms with Crippen molar-refractivity contribution >= 4 is 16.8 Å². The Labute approximate surface area is 117 Å². The molecule has 5 heteroatoms. The van der Waals surface area contributed by atoms with Gasteiger partial charge in [0.05, 0.1) is 11.7 Å². The van der Waals surface area contributed by atoms with Crippen molar-refractivity contribution in [1.82, 2.24) is 15.1 Å². The van der Waals surface area contributed by atoms with Gasteiger partial charge in [0, 0.05) is 30.1 Å². The molecule has 5 nitrogen and oxygen atoms in total. The van der Waals surface area contributed by atoms with Crippen molar-refractivity contribution in [2.45, 2.75) is 31.7 Å². The molecule has 0 spiro atoms. The van der Waals surface area contributed by atoms with Crippen LogP contribution in [0.3, 0.4) is 0 Å². The Hall–Kier alpha value is -1.88. The van der Waals surface area contributed by atoms with Crippen molar-refractivity contribution in [3.05, 3.63) is 30.0 Å². The number of amides is 1. The summed E-state index contributed by atoms with van der Waals surface area (Å²) in [5.74, 6) is 0.0912. The summed E-state index contributed by atoms with van der Waals surface area (Å²) >= 11 is 0. The maximum atomic E-state index is 12.6. The van der Waals surface area contributed by atoms with Crippen LogP contribution in [0.15, 0.2) is 24.4 Å². The van der Waals surface area contributed by atoms with Gasteiger partial charge in [0.25, 0.3) is 5.91 Å². The number of aromatic nitrogens is 2. The van der Waals surface area contributed by atoms with Gasteiger partial charge in [-0.25, -0.2) is 0 Å². The minimum Gasteiger partial charge on any atom is -0.396 e. The highest BCUT2D eigenvalue weighted by atomic mass is 16.3. The summed E-state index contributed by atoms with van der Waals surface area (Å²) in [7, 11) is 0. The van der Waals surface area contributed by atoms with E-state index in [0.29, 0.717) is 0 Å². The van der Waals surface area contributed by atoms with Crippen LogP contribution in [-0.2, 0) is 0 Å². The molecule has 1 unspecified atom stereocenters. The van der Waals surface area contributed by atoms with Gasteiger partial charge in [0.2, 0.25) is 0 Å². The van der Waals surface area contributed by atoms with E-state index in [1.807, 2.05) is 23.1 Å². The van der Waals surface area contributed by atoms with Crippen LogP contribution in [0.5, 0.6) is 0 Å². The van der Waals surface area contributed by atoms with Gasteiger partial charge in [-0.3, -0.25) is 9.89 Å². The molecule has 2 aromatic rings. The second-order valence-corrected chi connectivity index (χ2v) is 5.33. The third kappa shape index (κ3) is 2.41. The fourth-order valence-electron chi connectivity index (χ4n) is 2.97. The van der Waals surface area contributed by atoms with E-state index in [4.69, 9.17) is 5.11 Å². The SMILES string of the molecule is O=C(c1ccc2[nH]ncc2c1)N1CCCC1CCCO. The molecule has 0 radical (unpaired) electrons. The second kappa shape index (κ2) is 5.63. The molecule has 106 valence electrons. The summed E-state index contributed by atoms with van der Waals surface area (Å²) in [6.45, 7) is 1.01. The Balaban J connectivity index is 1.79. The van der Waals surface area contributed by atoms with E-state index in [1.165, 1.54) is 0 Å². The lowest BCUT2D eigenvalue weighted by Crippen LogP contribution is -2.35.